The first-order valence-electron chi connectivity index (χ1n) is 7.24. The second kappa shape index (κ2) is 8.53. The van der Waals surface area contributed by atoms with Crippen molar-refractivity contribution in [2.24, 2.45) is 0 Å². The van der Waals surface area contributed by atoms with Gasteiger partial charge in [-0.15, -0.1) is 0 Å². The zero-order valence-corrected chi connectivity index (χ0v) is 12.2. The van der Waals surface area contributed by atoms with E-state index < -0.39 is 5.97 Å². The maximum atomic E-state index is 11.7. The smallest absolute Gasteiger partial charge is 0.357 e. The molecule has 0 atom stereocenters. The van der Waals surface area contributed by atoms with E-state index in [9.17, 15) is 4.79 Å². The van der Waals surface area contributed by atoms with E-state index in [1.807, 2.05) is 18.2 Å². The second-order valence-electron chi connectivity index (χ2n) is 4.81. The lowest BCUT2D eigenvalue weighted by Gasteiger charge is -2.04. The zero-order chi connectivity index (χ0) is 15.6. The molecule has 0 fully saturated rings. The van der Waals surface area contributed by atoms with Gasteiger partial charge in [-0.3, -0.25) is 0 Å². The summed E-state index contributed by atoms with van der Waals surface area (Å²) in [6.45, 7) is 0.361. The Labute approximate surface area is 129 Å². The Morgan fingerprint density at radius 3 is 2.73 bits per heavy atom. The van der Waals surface area contributed by atoms with Crippen LogP contribution < -0.4 is 0 Å². The number of nitrogens with zero attached hydrogens (tertiary/aromatic N) is 3. The van der Waals surface area contributed by atoms with Crippen LogP contribution in [0, 0.1) is 11.3 Å². The van der Waals surface area contributed by atoms with E-state index in [1.165, 1.54) is 17.8 Å². The largest absolute Gasteiger partial charge is 0.461 e. The molecule has 22 heavy (non-hydrogen) atoms. The maximum absolute atomic E-state index is 11.7. The summed E-state index contributed by atoms with van der Waals surface area (Å²) in [5.41, 5.74) is 1.44. The van der Waals surface area contributed by atoms with Crippen molar-refractivity contribution in [2.45, 2.75) is 25.7 Å². The van der Waals surface area contributed by atoms with Crippen LogP contribution in [-0.2, 0) is 11.2 Å². The third kappa shape index (κ3) is 4.98. The van der Waals surface area contributed by atoms with Gasteiger partial charge in [0.25, 0.3) is 0 Å². The molecule has 0 unspecified atom stereocenters. The minimum Gasteiger partial charge on any atom is -0.461 e. The summed E-state index contributed by atoms with van der Waals surface area (Å²) in [5, 5.41) is 8.68. The van der Waals surface area contributed by atoms with Gasteiger partial charge in [-0.05, 0) is 37.3 Å². The summed E-state index contributed by atoms with van der Waals surface area (Å²) < 4.78 is 5.14. The van der Waals surface area contributed by atoms with Gasteiger partial charge in [-0.1, -0.05) is 30.3 Å². The van der Waals surface area contributed by atoms with Crippen molar-refractivity contribution >= 4 is 5.97 Å². The van der Waals surface area contributed by atoms with Crippen molar-refractivity contribution in [1.29, 1.82) is 5.26 Å². The minimum absolute atomic E-state index is 0.0303. The number of nitriles is 1. The Balaban J connectivity index is 1.64. The molecule has 0 bridgehead atoms. The number of carbonyl (C=O) groups is 1. The number of carbonyl (C=O) groups excluding carboxylic acids is 1. The van der Waals surface area contributed by atoms with Crippen molar-refractivity contribution in [3.8, 4) is 6.07 Å². The van der Waals surface area contributed by atoms with E-state index in [1.54, 1.807) is 6.07 Å². The Hall–Kier alpha value is -2.74. The van der Waals surface area contributed by atoms with E-state index in [-0.39, 0.29) is 11.5 Å². The fourth-order valence-electron chi connectivity index (χ4n) is 2.02. The van der Waals surface area contributed by atoms with Gasteiger partial charge in [0.2, 0.25) is 5.82 Å². The van der Waals surface area contributed by atoms with Gasteiger partial charge in [-0.2, -0.15) is 5.26 Å². The molecular weight excluding hydrogens is 278 g/mol. The lowest BCUT2D eigenvalue weighted by Crippen LogP contribution is -2.09. The molecule has 0 saturated carbocycles. The Kier molecular flexibility index (Phi) is 6.06. The summed E-state index contributed by atoms with van der Waals surface area (Å²) in [6, 6.07) is 13.5. The number of rotatable bonds is 7. The summed E-state index contributed by atoms with van der Waals surface area (Å²) in [5.74, 6) is -0.542. The van der Waals surface area contributed by atoms with Gasteiger partial charge in [0, 0.05) is 6.20 Å². The average Bonchev–Trinajstić information content (AvgIpc) is 2.58. The molecule has 0 amide bonds. The van der Waals surface area contributed by atoms with E-state index in [0.717, 1.165) is 25.7 Å². The number of esters is 1. The molecule has 5 heteroatoms. The summed E-state index contributed by atoms with van der Waals surface area (Å²) in [7, 11) is 0. The molecule has 0 aliphatic carbocycles. The number of aryl methyl sites for hydroxylation is 1. The van der Waals surface area contributed by atoms with Crippen molar-refractivity contribution in [2.75, 3.05) is 6.61 Å². The van der Waals surface area contributed by atoms with E-state index >= 15 is 0 Å². The van der Waals surface area contributed by atoms with Crippen LogP contribution in [0.3, 0.4) is 0 Å². The van der Waals surface area contributed by atoms with Crippen LogP contribution in [0.5, 0.6) is 0 Å². The third-order valence-electron chi connectivity index (χ3n) is 3.15. The standard InChI is InChI=1S/C17H17N3O2/c18-13-16-19-11-10-15(20-16)17(21)22-12-6-2-5-9-14-7-3-1-4-8-14/h1,3-4,7-8,10-11H,2,5-6,9,12H2. The summed E-state index contributed by atoms with van der Waals surface area (Å²) in [4.78, 5) is 19.3. The van der Waals surface area contributed by atoms with Crippen molar-refractivity contribution < 1.29 is 9.53 Å². The Morgan fingerprint density at radius 1 is 1.14 bits per heavy atom. The molecular formula is C17H17N3O2. The molecule has 0 saturated heterocycles. The number of benzene rings is 1. The highest BCUT2D eigenvalue weighted by Gasteiger charge is 2.09. The molecule has 0 N–H and O–H groups in total. The van der Waals surface area contributed by atoms with Gasteiger partial charge < -0.3 is 4.74 Å². The van der Waals surface area contributed by atoms with Crippen molar-refractivity contribution in [3.05, 3.63) is 59.7 Å². The summed E-state index contributed by atoms with van der Waals surface area (Å²) in [6.07, 6.45) is 5.28. The van der Waals surface area contributed by atoms with Gasteiger partial charge in [-0.25, -0.2) is 14.8 Å². The molecule has 0 aliphatic rings. The molecule has 5 nitrogen and oxygen atoms in total. The van der Waals surface area contributed by atoms with E-state index in [2.05, 4.69) is 22.1 Å². The molecule has 0 radical (unpaired) electrons. The van der Waals surface area contributed by atoms with Crippen LogP contribution in [0.4, 0.5) is 0 Å². The van der Waals surface area contributed by atoms with Crippen molar-refractivity contribution in [1.82, 2.24) is 9.97 Å². The summed E-state index contributed by atoms with van der Waals surface area (Å²) >= 11 is 0. The monoisotopic (exact) mass is 295 g/mol. The third-order valence-corrected chi connectivity index (χ3v) is 3.15. The average molecular weight is 295 g/mol. The van der Waals surface area contributed by atoms with Crippen LogP contribution >= 0.6 is 0 Å². The SMILES string of the molecule is N#Cc1nccc(C(=O)OCCCCCc2ccccc2)n1. The first-order chi connectivity index (χ1) is 10.8. The quantitative estimate of drug-likeness (QED) is 0.580. The van der Waals surface area contributed by atoms with E-state index in [0.29, 0.717) is 6.61 Å². The molecule has 2 rings (SSSR count). The molecule has 2 aromatic rings. The number of hydrogen-bond donors (Lipinski definition) is 0. The number of ether oxygens (including phenoxy) is 1. The maximum Gasteiger partial charge on any atom is 0.357 e. The Morgan fingerprint density at radius 2 is 1.95 bits per heavy atom. The van der Waals surface area contributed by atoms with Gasteiger partial charge in [0.1, 0.15) is 6.07 Å². The first kappa shape index (κ1) is 15.6. The fourth-order valence-corrected chi connectivity index (χ4v) is 2.02. The molecule has 1 aromatic heterocycles. The highest BCUT2D eigenvalue weighted by molar-refractivity contribution is 5.87. The lowest BCUT2D eigenvalue weighted by molar-refractivity contribution is 0.0490. The predicted octanol–water partition coefficient (Wildman–Crippen LogP) is 2.92. The molecule has 1 aromatic carbocycles. The molecule has 1 heterocycles. The van der Waals surface area contributed by atoms with Crippen LogP contribution in [0.1, 0.15) is 41.1 Å². The second-order valence-corrected chi connectivity index (χ2v) is 4.81. The highest BCUT2D eigenvalue weighted by Crippen LogP contribution is 2.07. The first-order valence-corrected chi connectivity index (χ1v) is 7.24. The molecule has 0 spiro atoms. The lowest BCUT2D eigenvalue weighted by atomic mass is 10.1. The molecule has 0 aliphatic heterocycles. The topological polar surface area (TPSA) is 75.9 Å². The number of unbranched alkanes of at least 4 members (excludes halogenated alkanes) is 2. The van der Waals surface area contributed by atoms with Gasteiger partial charge in [0.15, 0.2) is 5.69 Å². The highest BCUT2D eigenvalue weighted by atomic mass is 16.5. The van der Waals surface area contributed by atoms with Crippen LogP contribution in [0.25, 0.3) is 0 Å². The number of hydrogen-bond acceptors (Lipinski definition) is 5. The van der Waals surface area contributed by atoms with E-state index in [4.69, 9.17) is 10.00 Å². The van der Waals surface area contributed by atoms with Gasteiger partial charge in [0.05, 0.1) is 6.61 Å². The van der Waals surface area contributed by atoms with Gasteiger partial charge >= 0.3 is 5.97 Å². The predicted molar refractivity (Wildman–Crippen MR) is 81.0 cm³/mol. The van der Waals surface area contributed by atoms with Crippen molar-refractivity contribution in [3.63, 3.8) is 0 Å². The fraction of sp³-hybridized carbons (Fsp3) is 0.294. The minimum atomic E-state index is -0.512. The Bertz CT molecular complexity index is 650. The van der Waals surface area contributed by atoms with Crippen LogP contribution in [0.15, 0.2) is 42.6 Å². The normalized spacial score (nSPS) is 9.95. The number of aromatic nitrogens is 2. The van der Waals surface area contributed by atoms with Crippen LogP contribution in [-0.4, -0.2) is 22.5 Å². The van der Waals surface area contributed by atoms with Crippen LogP contribution in [0.2, 0.25) is 0 Å². The molecule has 112 valence electrons. The zero-order valence-electron chi connectivity index (χ0n) is 12.2.